The van der Waals surface area contributed by atoms with E-state index in [0.717, 1.165) is 5.56 Å². The summed E-state index contributed by atoms with van der Waals surface area (Å²) in [5.74, 6) is 0.669. The van der Waals surface area contributed by atoms with Crippen molar-refractivity contribution in [3.63, 3.8) is 0 Å². The van der Waals surface area contributed by atoms with Gasteiger partial charge in [-0.25, -0.2) is 0 Å². The van der Waals surface area contributed by atoms with Gasteiger partial charge in [-0.2, -0.15) is 0 Å². The summed E-state index contributed by atoms with van der Waals surface area (Å²) in [5.41, 5.74) is 0.861. The van der Waals surface area contributed by atoms with Crippen molar-refractivity contribution in [3.05, 3.63) is 46.0 Å². The van der Waals surface area contributed by atoms with Crippen LogP contribution in [0, 0.1) is 10.1 Å². The Hall–Kier alpha value is -1.88. The molecule has 0 bridgehead atoms. The van der Waals surface area contributed by atoms with E-state index in [1.54, 1.807) is 13.1 Å². The van der Waals surface area contributed by atoms with Gasteiger partial charge < -0.3 is 10.1 Å². The normalized spacial score (nSPS) is 10.7. The molecule has 0 unspecified atom stereocenters. The SMILES string of the molecule is C/C=C/COc1ccc([N+](=O)[O-])cc1CNC. The van der Waals surface area contributed by atoms with E-state index >= 15 is 0 Å². The number of rotatable bonds is 6. The molecule has 0 aromatic heterocycles. The molecule has 1 rings (SSSR count). The Morgan fingerprint density at radius 2 is 2.29 bits per heavy atom. The molecule has 0 spiro atoms. The van der Waals surface area contributed by atoms with Crippen molar-refractivity contribution < 1.29 is 9.66 Å². The highest BCUT2D eigenvalue weighted by Gasteiger charge is 2.10. The number of nitro benzene ring substituents is 1. The maximum absolute atomic E-state index is 10.7. The molecule has 17 heavy (non-hydrogen) atoms. The molecule has 0 radical (unpaired) electrons. The predicted molar refractivity (Wildman–Crippen MR) is 66.2 cm³/mol. The zero-order valence-electron chi connectivity index (χ0n) is 9.97. The minimum Gasteiger partial charge on any atom is -0.489 e. The Balaban J connectivity index is 2.91. The third-order valence-corrected chi connectivity index (χ3v) is 2.19. The lowest BCUT2D eigenvalue weighted by atomic mass is 10.2. The summed E-state index contributed by atoms with van der Waals surface area (Å²) in [6, 6.07) is 4.61. The summed E-state index contributed by atoms with van der Waals surface area (Å²) in [6.45, 7) is 2.91. The van der Waals surface area contributed by atoms with Crippen LogP contribution >= 0.6 is 0 Å². The lowest BCUT2D eigenvalue weighted by Crippen LogP contribution is -2.08. The van der Waals surface area contributed by atoms with Gasteiger partial charge in [0.15, 0.2) is 0 Å². The van der Waals surface area contributed by atoms with Gasteiger partial charge >= 0.3 is 0 Å². The van der Waals surface area contributed by atoms with E-state index in [-0.39, 0.29) is 5.69 Å². The van der Waals surface area contributed by atoms with Gasteiger partial charge in [0, 0.05) is 24.2 Å². The zero-order chi connectivity index (χ0) is 12.7. The number of hydrogen-bond donors (Lipinski definition) is 1. The van der Waals surface area contributed by atoms with Crippen LogP contribution in [0.15, 0.2) is 30.4 Å². The van der Waals surface area contributed by atoms with E-state index in [1.165, 1.54) is 12.1 Å². The highest BCUT2D eigenvalue weighted by Crippen LogP contribution is 2.24. The lowest BCUT2D eigenvalue weighted by molar-refractivity contribution is -0.384. The minimum absolute atomic E-state index is 0.0774. The second-order valence-electron chi connectivity index (χ2n) is 3.46. The summed E-state index contributed by atoms with van der Waals surface area (Å²) in [5, 5.41) is 13.6. The molecule has 0 aliphatic heterocycles. The molecule has 1 aromatic rings. The number of hydrogen-bond acceptors (Lipinski definition) is 4. The monoisotopic (exact) mass is 236 g/mol. The smallest absolute Gasteiger partial charge is 0.270 e. The van der Waals surface area contributed by atoms with Crippen LogP contribution in [0.5, 0.6) is 5.75 Å². The molecule has 5 nitrogen and oxygen atoms in total. The molecule has 92 valence electrons. The van der Waals surface area contributed by atoms with Crippen LogP contribution in [-0.4, -0.2) is 18.6 Å². The number of allylic oxidation sites excluding steroid dienone is 1. The van der Waals surface area contributed by atoms with Crippen molar-refractivity contribution in [3.8, 4) is 5.75 Å². The van der Waals surface area contributed by atoms with Crippen molar-refractivity contribution in [1.82, 2.24) is 5.32 Å². The van der Waals surface area contributed by atoms with E-state index in [2.05, 4.69) is 5.32 Å². The van der Waals surface area contributed by atoms with Crippen molar-refractivity contribution in [2.75, 3.05) is 13.7 Å². The van der Waals surface area contributed by atoms with Crippen LogP contribution in [0.4, 0.5) is 5.69 Å². The van der Waals surface area contributed by atoms with Gasteiger partial charge in [-0.3, -0.25) is 10.1 Å². The number of nitrogens with one attached hydrogen (secondary N) is 1. The molecule has 0 aliphatic carbocycles. The summed E-state index contributed by atoms with van der Waals surface area (Å²) in [6.07, 6.45) is 3.77. The third kappa shape index (κ3) is 3.88. The standard InChI is InChI=1S/C12H16N2O3/c1-3-4-7-17-12-6-5-11(14(15)16)8-10(12)9-13-2/h3-6,8,13H,7,9H2,1-2H3/b4-3+. The first-order valence-electron chi connectivity index (χ1n) is 5.35. The highest BCUT2D eigenvalue weighted by atomic mass is 16.6. The maximum atomic E-state index is 10.7. The Morgan fingerprint density at radius 1 is 1.53 bits per heavy atom. The molecule has 5 heteroatoms. The topological polar surface area (TPSA) is 64.4 Å². The molecule has 0 heterocycles. The molecule has 1 N–H and O–H groups in total. The number of nitrogens with zero attached hydrogens (tertiary/aromatic N) is 1. The van der Waals surface area contributed by atoms with Gasteiger partial charge in [0.1, 0.15) is 12.4 Å². The average molecular weight is 236 g/mol. The molecule has 1 aromatic carbocycles. The Labute approximate surface area is 100 Å². The molecule has 0 fully saturated rings. The highest BCUT2D eigenvalue weighted by molar-refractivity contribution is 5.43. The fraction of sp³-hybridized carbons (Fsp3) is 0.333. The van der Waals surface area contributed by atoms with Crippen LogP contribution < -0.4 is 10.1 Å². The minimum atomic E-state index is -0.408. The number of benzene rings is 1. The number of non-ortho nitro benzene ring substituents is 1. The first-order chi connectivity index (χ1) is 8.19. The van der Waals surface area contributed by atoms with Gasteiger partial charge in [0.25, 0.3) is 5.69 Å². The Bertz CT molecular complexity index is 416. The Kier molecular flexibility index (Phi) is 5.16. The number of ether oxygens (including phenoxy) is 1. The summed E-state index contributed by atoms with van der Waals surface area (Å²) in [4.78, 5) is 10.3. The van der Waals surface area contributed by atoms with Crippen molar-refractivity contribution >= 4 is 5.69 Å². The van der Waals surface area contributed by atoms with E-state index in [0.29, 0.717) is 18.9 Å². The summed E-state index contributed by atoms with van der Waals surface area (Å²) in [7, 11) is 1.79. The van der Waals surface area contributed by atoms with Gasteiger partial charge in [-0.15, -0.1) is 0 Å². The maximum Gasteiger partial charge on any atom is 0.270 e. The second-order valence-corrected chi connectivity index (χ2v) is 3.46. The first-order valence-corrected chi connectivity index (χ1v) is 5.35. The first kappa shape index (κ1) is 13.2. The quantitative estimate of drug-likeness (QED) is 0.467. The predicted octanol–water partition coefficient (Wildman–Crippen LogP) is 2.27. The molecular weight excluding hydrogens is 220 g/mol. The van der Waals surface area contributed by atoms with Crippen LogP contribution in [0.1, 0.15) is 12.5 Å². The average Bonchev–Trinajstić information content (AvgIpc) is 2.31. The fourth-order valence-corrected chi connectivity index (χ4v) is 1.38. The van der Waals surface area contributed by atoms with Gasteiger partial charge in [-0.05, 0) is 20.0 Å². The van der Waals surface area contributed by atoms with E-state index in [4.69, 9.17) is 4.74 Å². The largest absolute Gasteiger partial charge is 0.489 e. The van der Waals surface area contributed by atoms with E-state index in [9.17, 15) is 10.1 Å². The van der Waals surface area contributed by atoms with Crippen LogP contribution in [0.3, 0.4) is 0 Å². The van der Waals surface area contributed by atoms with Crippen LogP contribution in [0.25, 0.3) is 0 Å². The second kappa shape index (κ2) is 6.65. The molecule has 0 saturated carbocycles. The fourth-order valence-electron chi connectivity index (χ4n) is 1.38. The summed E-state index contributed by atoms with van der Waals surface area (Å²) >= 11 is 0. The van der Waals surface area contributed by atoms with Crippen LogP contribution in [-0.2, 0) is 6.54 Å². The molecular formula is C12H16N2O3. The van der Waals surface area contributed by atoms with Crippen LogP contribution in [0.2, 0.25) is 0 Å². The molecule has 0 amide bonds. The van der Waals surface area contributed by atoms with E-state index < -0.39 is 4.92 Å². The molecule has 0 atom stereocenters. The van der Waals surface area contributed by atoms with E-state index in [1.807, 2.05) is 19.1 Å². The molecule has 0 aliphatic rings. The summed E-state index contributed by atoms with van der Waals surface area (Å²) < 4.78 is 5.52. The lowest BCUT2D eigenvalue weighted by Gasteiger charge is -2.09. The zero-order valence-corrected chi connectivity index (χ0v) is 9.97. The van der Waals surface area contributed by atoms with Gasteiger partial charge in [0.05, 0.1) is 4.92 Å². The van der Waals surface area contributed by atoms with Crippen molar-refractivity contribution in [2.45, 2.75) is 13.5 Å². The van der Waals surface area contributed by atoms with Gasteiger partial charge in [-0.1, -0.05) is 12.2 Å². The Morgan fingerprint density at radius 3 is 2.88 bits per heavy atom. The van der Waals surface area contributed by atoms with Crippen molar-refractivity contribution in [2.24, 2.45) is 0 Å². The third-order valence-electron chi connectivity index (χ3n) is 2.19. The van der Waals surface area contributed by atoms with Crippen molar-refractivity contribution in [1.29, 1.82) is 0 Å². The molecule has 0 saturated heterocycles. The number of nitro groups is 1. The van der Waals surface area contributed by atoms with Gasteiger partial charge in [0.2, 0.25) is 0 Å².